The van der Waals surface area contributed by atoms with Gasteiger partial charge in [-0.2, -0.15) is 4.98 Å². The lowest BCUT2D eigenvalue weighted by atomic mass is 10.2. The Morgan fingerprint density at radius 2 is 2.04 bits per heavy atom. The van der Waals surface area contributed by atoms with Crippen LogP contribution in [0.15, 0.2) is 29.4 Å². The van der Waals surface area contributed by atoms with E-state index in [1.807, 2.05) is 6.07 Å². The average Bonchev–Trinajstić information content (AvgIpc) is 3.21. The van der Waals surface area contributed by atoms with Crippen LogP contribution in [0.5, 0.6) is 0 Å². The number of alkyl halides is 2. The van der Waals surface area contributed by atoms with Crippen LogP contribution in [0.3, 0.4) is 0 Å². The zero-order valence-electron chi connectivity index (χ0n) is 14.7. The summed E-state index contributed by atoms with van der Waals surface area (Å²) in [4.78, 5) is 17.0. The largest absolute Gasteiger partial charge is 0.371 e. The number of hydrogen-bond donors (Lipinski definition) is 1. The van der Waals surface area contributed by atoms with Gasteiger partial charge in [0.15, 0.2) is 11.5 Å². The molecule has 0 saturated carbocycles. The van der Waals surface area contributed by atoms with Gasteiger partial charge in [-0.25, -0.2) is 28.3 Å². The summed E-state index contributed by atoms with van der Waals surface area (Å²) in [5.41, 5.74) is 3.07. The lowest BCUT2D eigenvalue weighted by molar-refractivity contribution is 0.127. The van der Waals surface area contributed by atoms with Gasteiger partial charge in [-0.3, -0.25) is 0 Å². The fourth-order valence-electron chi connectivity index (χ4n) is 3.08. The highest BCUT2D eigenvalue weighted by Crippen LogP contribution is 2.30. The fourth-order valence-corrected chi connectivity index (χ4v) is 3.08. The topological polar surface area (TPSA) is 85.3 Å². The molecule has 0 aliphatic heterocycles. The molecule has 0 aliphatic rings. The molecule has 0 aliphatic carbocycles. The van der Waals surface area contributed by atoms with Crippen molar-refractivity contribution in [3.8, 4) is 11.3 Å². The first-order chi connectivity index (χ1) is 13.0. The number of anilines is 1. The van der Waals surface area contributed by atoms with Gasteiger partial charge in [0.2, 0.25) is 0 Å². The van der Waals surface area contributed by atoms with Gasteiger partial charge in [-0.05, 0) is 31.8 Å². The molecule has 0 spiro atoms. The standard InChI is InChI=1S/C17H16F2N8/c1-9-22-12-5-4-11(23-16(12)26(9)8-13(18)19)10-6-7-27-14(10)15(20-2)24-17(21-3)25-27/h4-7,13H,3,8H2,1-2H3,(H,20,24,25). The van der Waals surface area contributed by atoms with E-state index in [-0.39, 0.29) is 5.95 Å². The molecule has 0 fully saturated rings. The third-order valence-corrected chi connectivity index (χ3v) is 4.26. The maximum atomic E-state index is 12.9. The molecule has 4 aromatic rings. The summed E-state index contributed by atoms with van der Waals surface area (Å²) in [7, 11) is 1.74. The third kappa shape index (κ3) is 2.78. The van der Waals surface area contributed by atoms with Crippen LogP contribution in [0.1, 0.15) is 5.82 Å². The molecule has 0 radical (unpaired) electrons. The van der Waals surface area contributed by atoms with Crippen LogP contribution < -0.4 is 5.32 Å². The molecule has 8 nitrogen and oxygen atoms in total. The zero-order valence-corrected chi connectivity index (χ0v) is 14.7. The molecule has 0 saturated heterocycles. The van der Waals surface area contributed by atoms with Gasteiger partial charge in [0, 0.05) is 18.8 Å². The summed E-state index contributed by atoms with van der Waals surface area (Å²) < 4.78 is 28.9. The van der Waals surface area contributed by atoms with Crippen LogP contribution in [-0.2, 0) is 6.54 Å². The number of rotatable bonds is 5. The molecule has 0 amide bonds. The van der Waals surface area contributed by atoms with Crippen molar-refractivity contribution in [3.63, 3.8) is 0 Å². The quantitative estimate of drug-likeness (QED) is 0.546. The van der Waals surface area contributed by atoms with Gasteiger partial charge in [0.25, 0.3) is 12.4 Å². The Morgan fingerprint density at radius 1 is 1.22 bits per heavy atom. The number of nitrogens with zero attached hydrogens (tertiary/aromatic N) is 7. The first kappa shape index (κ1) is 17.0. The minimum Gasteiger partial charge on any atom is -0.371 e. The van der Waals surface area contributed by atoms with E-state index in [1.54, 1.807) is 36.8 Å². The number of pyridine rings is 1. The van der Waals surface area contributed by atoms with E-state index in [1.165, 1.54) is 4.57 Å². The van der Waals surface area contributed by atoms with Crippen LogP contribution >= 0.6 is 0 Å². The van der Waals surface area contributed by atoms with Crippen LogP contribution in [0.2, 0.25) is 0 Å². The second-order valence-corrected chi connectivity index (χ2v) is 5.89. The molecule has 4 rings (SSSR count). The van der Waals surface area contributed by atoms with E-state index < -0.39 is 13.0 Å². The van der Waals surface area contributed by atoms with Crippen molar-refractivity contribution >= 4 is 35.2 Å². The van der Waals surface area contributed by atoms with E-state index in [9.17, 15) is 8.78 Å². The predicted molar refractivity (Wildman–Crippen MR) is 99.0 cm³/mol. The maximum Gasteiger partial charge on any atom is 0.268 e. The molecule has 0 aromatic carbocycles. The molecule has 27 heavy (non-hydrogen) atoms. The molecule has 0 atom stereocenters. The van der Waals surface area contributed by atoms with Gasteiger partial charge < -0.3 is 9.88 Å². The summed E-state index contributed by atoms with van der Waals surface area (Å²) in [6.07, 6.45) is -0.730. The summed E-state index contributed by atoms with van der Waals surface area (Å²) >= 11 is 0. The predicted octanol–water partition coefficient (Wildman–Crippen LogP) is 3.09. The van der Waals surface area contributed by atoms with Crippen molar-refractivity contribution in [2.24, 2.45) is 4.99 Å². The van der Waals surface area contributed by atoms with Gasteiger partial charge >= 0.3 is 0 Å². The number of aryl methyl sites for hydroxylation is 1. The van der Waals surface area contributed by atoms with E-state index in [0.717, 1.165) is 5.56 Å². The lowest BCUT2D eigenvalue weighted by Crippen LogP contribution is -2.09. The van der Waals surface area contributed by atoms with E-state index in [0.29, 0.717) is 34.0 Å². The van der Waals surface area contributed by atoms with E-state index in [4.69, 9.17) is 0 Å². The Balaban J connectivity index is 1.93. The second kappa shape index (κ2) is 6.38. The third-order valence-electron chi connectivity index (χ3n) is 4.26. The second-order valence-electron chi connectivity index (χ2n) is 5.89. The minimum atomic E-state index is -2.49. The normalized spacial score (nSPS) is 11.6. The molecule has 1 N–H and O–H groups in total. The molecular formula is C17H16F2N8. The smallest absolute Gasteiger partial charge is 0.268 e. The summed E-state index contributed by atoms with van der Waals surface area (Å²) in [6.45, 7) is 4.69. The molecule has 4 aromatic heterocycles. The van der Waals surface area contributed by atoms with Crippen LogP contribution in [0.25, 0.3) is 27.9 Å². The number of nitrogens with one attached hydrogen (secondary N) is 1. The van der Waals surface area contributed by atoms with Crippen molar-refractivity contribution < 1.29 is 8.78 Å². The van der Waals surface area contributed by atoms with Crippen molar-refractivity contribution in [1.82, 2.24) is 29.1 Å². The van der Waals surface area contributed by atoms with Crippen LogP contribution in [-0.4, -0.2) is 49.3 Å². The Hall–Kier alpha value is -3.43. The molecule has 0 bridgehead atoms. The van der Waals surface area contributed by atoms with Crippen molar-refractivity contribution in [3.05, 3.63) is 30.2 Å². The fraction of sp³-hybridized carbons (Fsp3) is 0.235. The Morgan fingerprint density at radius 3 is 2.74 bits per heavy atom. The first-order valence-corrected chi connectivity index (χ1v) is 8.18. The highest BCUT2D eigenvalue weighted by atomic mass is 19.3. The number of aromatic nitrogens is 6. The number of imidazole rings is 1. The maximum absolute atomic E-state index is 12.9. The Labute approximate surface area is 152 Å². The molecule has 0 unspecified atom stereocenters. The number of aliphatic imine (C=N–C) groups is 1. The highest BCUT2D eigenvalue weighted by molar-refractivity contribution is 5.89. The highest BCUT2D eigenvalue weighted by Gasteiger charge is 2.17. The summed E-state index contributed by atoms with van der Waals surface area (Å²) in [5.74, 6) is 1.30. The average molecular weight is 370 g/mol. The SMILES string of the molecule is C=Nc1nc(NC)c2c(-c3ccc4nc(C)n(CC(F)F)c4n3)ccn2n1. The van der Waals surface area contributed by atoms with Gasteiger partial charge in [0.05, 0.1) is 12.2 Å². The van der Waals surface area contributed by atoms with Gasteiger partial charge in [-0.15, -0.1) is 5.10 Å². The zero-order chi connectivity index (χ0) is 19.1. The Bertz CT molecular complexity index is 1160. The molecule has 4 heterocycles. The summed E-state index contributed by atoms with van der Waals surface area (Å²) in [5, 5.41) is 7.28. The number of halogens is 2. The minimum absolute atomic E-state index is 0.239. The van der Waals surface area contributed by atoms with Crippen LogP contribution in [0, 0.1) is 6.92 Å². The van der Waals surface area contributed by atoms with Gasteiger partial charge in [0.1, 0.15) is 16.9 Å². The Kier molecular flexibility index (Phi) is 4.02. The van der Waals surface area contributed by atoms with Crippen LogP contribution in [0.4, 0.5) is 20.5 Å². The first-order valence-electron chi connectivity index (χ1n) is 8.18. The van der Waals surface area contributed by atoms with Crippen molar-refractivity contribution in [2.45, 2.75) is 19.9 Å². The number of fused-ring (bicyclic) bond motifs is 2. The van der Waals surface area contributed by atoms with Crippen molar-refractivity contribution in [2.75, 3.05) is 12.4 Å². The lowest BCUT2D eigenvalue weighted by Gasteiger charge is -2.08. The molecular weight excluding hydrogens is 354 g/mol. The molecule has 138 valence electrons. The van der Waals surface area contributed by atoms with Gasteiger partial charge in [-0.1, -0.05) is 0 Å². The summed E-state index contributed by atoms with van der Waals surface area (Å²) in [6, 6.07) is 5.41. The molecule has 10 heteroatoms. The van der Waals surface area contributed by atoms with Crippen molar-refractivity contribution in [1.29, 1.82) is 0 Å². The number of hydrogen-bond acceptors (Lipinski definition) is 6. The van der Waals surface area contributed by atoms with E-state index >= 15 is 0 Å². The monoisotopic (exact) mass is 370 g/mol. The van der Waals surface area contributed by atoms with E-state index in [2.05, 4.69) is 37.1 Å².